The fourth-order valence-electron chi connectivity index (χ4n) is 4.43. The summed E-state index contributed by atoms with van der Waals surface area (Å²) in [6, 6.07) is 11.4. The second kappa shape index (κ2) is 7.74. The van der Waals surface area contributed by atoms with Gasteiger partial charge in [0, 0.05) is 29.7 Å². The molecule has 8 heteroatoms. The third-order valence-corrected chi connectivity index (χ3v) is 5.83. The number of hydrogen-bond acceptors (Lipinski definition) is 6. The fourth-order valence-corrected chi connectivity index (χ4v) is 4.43. The van der Waals surface area contributed by atoms with Crippen molar-refractivity contribution < 1.29 is 13.5 Å². The average Bonchev–Trinajstić information content (AvgIpc) is 3.14. The third kappa shape index (κ3) is 3.14. The molecular formula is C25H19F2N5O. The summed E-state index contributed by atoms with van der Waals surface area (Å²) in [7, 11) is 1.41. The number of ether oxygens (including phenoxy) is 1. The van der Waals surface area contributed by atoms with Crippen molar-refractivity contribution in [3.05, 3.63) is 107 Å². The lowest BCUT2D eigenvalue weighted by molar-refractivity contribution is 0.382. The van der Waals surface area contributed by atoms with Crippen LogP contribution in [0.15, 0.2) is 72.4 Å². The van der Waals surface area contributed by atoms with E-state index in [-0.39, 0.29) is 17.1 Å². The second-order valence-corrected chi connectivity index (χ2v) is 7.73. The van der Waals surface area contributed by atoms with E-state index < -0.39 is 17.2 Å². The number of methoxy groups -OCH3 is 1. The Morgan fingerprint density at radius 1 is 0.970 bits per heavy atom. The number of aliphatic imine (C=N–C) groups is 1. The molecule has 0 saturated heterocycles. The summed E-state index contributed by atoms with van der Waals surface area (Å²) >= 11 is 0. The number of halogens is 2. The Hall–Kier alpha value is -4.20. The lowest BCUT2D eigenvalue weighted by Crippen LogP contribution is -2.26. The summed E-state index contributed by atoms with van der Waals surface area (Å²) in [4.78, 5) is 17.3. The third-order valence-electron chi connectivity index (χ3n) is 5.83. The minimum Gasteiger partial charge on any atom is -0.493 e. The van der Waals surface area contributed by atoms with E-state index in [2.05, 4.69) is 15.0 Å². The smallest absolute Gasteiger partial charge is 0.165 e. The molecule has 164 valence electrons. The van der Waals surface area contributed by atoms with Crippen molar-refractivity contribution >= 4 is 5.84 Å². The monoisotopic (exact) mass is 443 g/mol. The number of rotatable bonds is 4. The van der Waals surface area contributed by atoms with Crippen LogP contribution in [0.3, 0.4) is 0 Å². The number of aryl methyl sites for hydroxylation is 1. The lowest BCUT2D eigenvalue weighted by Gasteiger charge is -2.30. The van der Waals surface area contributed by atoms with Crippen molar-refractivity contribution in [1.29, 1.82) is 0 Å². The van der Waals surface area contributed by atoms with E-state index in [4.69, 9.17) is 15.5 Å². The summed E-state index contributed by atoms with van der Waals surface area (Å²) in [5.41, 5.74) is 8.68. The molecule has 1 atom stereocenters. The minimum absolute atomic E-state index is 0.0402. The van der Waals surface area contributed by atoms with Gasteiger partial charge in [-0.3, -0.25) is 4.98 Å². The molecule has 0 fully saturated rings. The first-order valence-electron chi connectivity index (χ1n) is 10.2. The van der Waals surface area contributed by atoms with E-state index >= 15 is 4.39 Å². The number of fused-ring (bicyclic) bond motifs is 1. The molecule has 2 aromatic carbocycles. The zero-order chi connectivity index (χ0) is 23.2. The summed E-state index contributed by atoms with van der Waals surface area (Å²) in [5, 5.41) is 0. The Morgan fingerprint density at radius 3 is 2.48 bits per heavy atom. The maximum Gasteiger partial charge on any atom is 0.165 e. The van der Waals surface area contributed by atoms with Gasteiger partial charge in [-0.15, -0.1) is 0 Å². The first-order valence-corrected chi connectivity index (χ1v) is 10.2. The van der Waals surface area contributed by atoms with Crippen molar-refractivity contribution in [1.82, 2.24) is 15.0 Å². The number of amidine groups is 1. The molecule has 0 radical (unpaired) electrons. The summed E-state index contributed by atoms with van der Waals surface area (Å²) in [5.74, 6) is -0.859. The zero-order valence-electron chi connectivity index (χ0n) is 17.9. The molecule has 0 aliphatic carbocycles. The summed E-state index contributed by atoms with van der Waals surface area (Å²) < 4.78 is 35.1. The minimum atomic E-state index is -1.29. The molecule has 2 aromatic heterocycles. The lowest BCUT2D eigenvalue weighted by atomic mass is 9.77. The van der Waals surface area contributed by atoms with E-state index in [9.17, 15) is 4.39 Å². The van der Waals surface area contributed by atoms with Gasteiger partial charge in [0.15, 0.2) is 11.6 Å². The van der Waals surface area contributed by atoms with Gasteiger partial charge in [0.2, 0.25) is 0 Å². The Balaban J connectivity index is 1.84. The quantitative estimate of drug-likeness (QED) is 0.512. The van der Waals surface area contributed by atoms with Gasteiger partial charge in [-0.05, 0) is 53.9 Å². The molecule has 4 aromatic rings. The zero-order valence-corrected chi connectivity index (χ0v) is 17.9. The van der Waals surface area contributed by atoms with Crippen molar-refractivity contribution in [3.8, 4) is 17.0 Å². The van der Waals surface area contributed by atoms with Gasteiger partial charge in [-0.25, -0.2) is 23.7 Å². The Morgan fingerprint density at radius 2 is 1.76 bits per heavy atom. The maximum atomic E-state index is 15.0. The van der Waals surface area contributed by atoms with Gasteiger partial charge >= 0.3 is 0 Å². The highest BCUT2D eigenvalue weighted by Crippen LogP contribution is 2.48. The van der Waals surface area contributed by atoms with E-state index in [1.54, 1.807) is 49.8 Å². The number of nitrogens with two attached hydrogens (primary N) is 1. The SMILES string of the molecule is COc1c(C)cc(C2(c3ccnc(-c4cncnc4)c3)N=C(N)c3c(F)cccc32)cc1F. The molecule has 33 heavy (non-hydrogen) atoms. The van der Waals surface area contributed by atoms with Crippen LogP contribution in [0.5, 0.6) is 5.75 Å². The standard InChI is InChI=1S/C25H19F2N5O/c1-14-8-17(9-20(27)23(14)33-2)25(18-4-3-5-19(26)22(18)24(28)32-25)16-6-7-31-21(10-16)15-11-29-13-30-12-15/h3-13H,1-2H3,(H2,28,32). The van der Waals surface area contributed by atoms with E-state index in [0.29, 0.717) is 33.5 Å². The van der Waals surface area contributed by atoms with Gasteiger partial charge < -0.3 is 10.5 Å². The Kier molecular flexibility index (Phi) is 4.85. The molecule has 2 N–H and O–H groups in total. The van der Waals surface area contributed by atoms with Crippen molar-refractivity contribution in [2.24, 2.45) is 10.7 Å². The van der Waals surface area contributed by atoms with Crippen LogP contribution < -0.4 is 10.5 Å². The normalized spacial score (nSPS) is 16.9. The predicted octanol–water partition coefficient (Wildman–Crippen LogP) is 4.14. The van der Waals surface area contributed by atoms with Gasteiger partial charge in [0.05, 0.1) is 18.4 Å². The van der Waals surface area contributed by atoms with E-state index in [0.717, 1.165) is 0 Å². The van der Waals surface area contributed by atoms with E-state index in [1.165, 1.54) is 25.6 Å². The first kappa shape index (κ1) is 20.7. The second-order valence-electron chi connectivity index (χ2n) is 7.73. The molecule has 0 saturated carbocycles. The van der Waals surface area contributed by atoms with Crippen LogP contribution in [0.1, 0.15) is 27.8 Å². The van der Waals surface area contributed by atoms with Crippen molar-refractivity contribution in [2.75, 3.05) is 7.11 Å². The Labute approximate surface area is 188 Å². The van der Waals surface area contributed by atoms with Crippen LogP contribution >= 0.6 is 0 Å². The van der Waals surface area contributed by atoms with Gasteiger partial charge in [0.1, 0.15) is 23.5 Å². The largest absolute Gasteiger partial charge is 0.493 e. The molecule has 0 amide bonds. The average molecular weight is 443 g/mol. The molecule has 5 rings (SSSR count). The summed E-state index contributed by atoms with van der Waals surface area (Å²) in [6.45, 7) is 1.74. The topological polar surface area (TPSA) is 86.3 Å². The Bertz CT molecular complexity index is 1380. The summed E-state index contributed by atoms with van der Waals surface area (Å²) in [6.07, 6.45) is 6.33. The molecule has 1 aliphatic rings. The van der Waals surface area contributed by atoms with Gasteiger partial charge in [0.25, 0.3) is 0 Å². The van der Waals surface area contributed by atoms with Crippen LogP contribution in [-0.4, -0.2) is 27.9 Å². The molecule has 1 aliphatic heterocycles. The first-order chi connectivity index (χ1) is 16.0. The highest BCUT2D eigenvalue weighted by atomic mass is 19.1. The highest BCUT2D eigenvalue weighted by Gasteiger charge is 2.45. The maximum absolute atomic E-state index is 15.0. The van der Waals surface area contributed by atoms with Gasteiger partial charge in [-0.2, -0.15) is 0 Å². The van der Waals surface area contributed by atoms with Crippen LogP contribution in [0, 0.1) is 18.6 Å². The van der Waals surface area contributed by atoms with E-state index in [1.807, 2.05) is 6.07 Å². The van der Waals surface area contributed by atoms with Crippen molar-refractivity contribution in [2.45, 2.75) is 12.5 Å². The predicted molar refractivity (Wildman–Crippen MR) is 120 cm³/mol. The molecule has 0 bridgehead atoms. The highest BCUT2D eigenvalue weighted by molar-refractivity contribution is 6.03. The molecule has 6 nitrogen and oxygen atoms in total. The van der Waals surface area contributed by atoms with Crippen LogP contribution in [-0.2, 0) is 5.54 Å². The number of pyridine rings is 1. The number of aromatic nitrogens is 3. The molecular weight excluding hydrogens is 424 g/mol. The number of benzene rings is 2. The van der Waals surface area contributed by atoms with Crippen LogP contribution in [0.25, 0.3) is 11.3 Å². The van der Waals surface area contributed by atoms with Crippen LogP contribution in [0.2, 0.25) is 0 Å². The molecule has 1 unspecified atom stereocenters. The fraction of sp³-hybridized carbons (Fsp3) is 0.120. The number of hydrogen-bond donors (Lipinski definition) is 1. The number of nitrogens with zero attached hydrogens (tertiary/aromatic N) is 4. The van der Waals surface area contributed by atoms with Crippen molar-refractivity contribution in [3.63, 3.8) is 0 Å². The van der Waals surface area contributed by atoms with Crippen LogP contribution in [0.4, 0.5) is 8.78 Å². The molecule has 0 spiro atoms. The van der Waals surface area contributed by atoms with Gasteiger partial charge in [-0.1, -0.05) is 12.1 Å². The molecule has 3 heterocycles.